The van der Waals surface area contributed by atoms with Crippen molar-refractivity contribution in [3.63, 3.8) is 0 Å². The minimum atomic E-state index is -0.568. The lowest BCUT2D eigenvalue weighted by Crippen LogP contribution is -2.34. The van der Waals surface area contributed by atoms with Gasteiger partial charge in [-0.25, -0.2) is 0 Å². The predicted octanol–water partition coefficient (Wildman–Crippen LogP) is 4.08. The number of phenolic OH excluding ortho intramolecular Hbond substituents is 1. The molecule has 12 nitrogen and oxygen atoms in total. The Morgan fingerprint density at radius 1 is 1.23 bits per heavy atom. The van der Waals surface area contributed by atoms with E-state index in [1.165, 1.54) is 7.11 Å². The molecule has 226 valence electrons. The van der Waals surface area contributed by atoms with Crippen molar-refractivity contribution in [2.75, 3.05) is 45.2 Å². The van der Waals surface area contributed by atoms with Gasteiger partial charge in [-0.15, -0.1) is 10.2 Å². The maximum absolute atomic E-state index is 12.3. The number of methoxy groups -OCH3 is 1. The molecule has 0 fully saturated rings. The van der Waals surface area contributed by atoms with Crippen LogP contribution in [0.1, 0.15) is 31.2 Å². The summed E-state index contributed by atoms with van der Waals surface area (Å²) in [6.07, 6.45) is 3.23. The third kappa shape index (κ3) is 7.15. The van der Waals surface area contributed by atoms with Gasteiger partial charge in [-0.3, -0.25) is 14.8 Å². The fourth-order valence-corrected chi connectivity index (χ4v) is 4.84. The Morgan fingerprint density at radius 2 is 2.02 bits per heavy atom. The third-order valence-electron chi connectivity index (χ3n) is 7.12. The van der Waals surface area contributed by atoms with E-state index in [9.17, 15) is 9.90 Å². The zero-order chi connectivity index (χ0) is 30.9. The largest absolute Gasteiger partial charge is 0.507 e. The molecule has 3 heterocycles. The smallest absolute Gasteiger partial charge is 0.316 e. The first-order valence-corrected chi connectivity index (χ1v) is 14.0. The highest BCUT2D eigenvalue weighted by atomic mass is 16.5. The zero-order valence-electron chi connectivity index (χ0n) is 25.2. The average molecular weight is 587 g/mol. The molecule has 0 amide bonds. The Balaban J connectivity index is 1.53. The highest BCUT2D eigenvalue weighted by Crippen LogP contribution is 2.31. The second-order valence-corrected chi connectivity index (χ2v) is 10.3. The quantitative estimate of drug-likeness (QED) is 0.165. The fourth-order valence-electron chi connectivity index (χ4n) is 4.84. The SMILES string of the molecule is C=N/C=C(\C=NCCN(CCNC)c1cc2nnc(-c3ccccc3O)cc2n1C)c1cc(C(C(=O)OC)C(C)C)on1. The van der Waals surface area contributed by atoms with Crippen molar-refractivity contribution in [3.8, 4) is 17.0 Å². The van der Waals surface area contributed by atoms with E-state index in [4.69, 9.17) is 9.26 Å². The summed E-state index contributed by atoms with van der Waals surface area (Å²) in [6, 6.07) is 12.7. The molecule has 0 saturated carbocycles. The number of ether oxygens (including phenoxy) is 1. The lowest BCUT2D eigenvalue weighted by molar-refractivity contribution is -0.144. The van der Waals surface area contributed by atoms with E-state index in [1.54, 1.807) is 30.6 Å². The van der Waals surface area contributed by atoms with Crippen molar-refractivity contribution in [2.45, 2.75) is 19.8 Å². The number of para-hydroxylation sites is 1. The second kappa shape index (κ2) is 14.4. The number of rotatable bonds is 14. The molecule has 0 aliphatic rings. The van der Waals surface area contributed by atoms with E-state index >= 15 is 0 Å². The molecular formula is C31H38N8O4. The van der Waals surface area contributed by atoms with Crippen molar-refractivity contribution in [1.82, 2.24) is 25.2 Å². The van der Waals surface area contributed by atoms with Gasteiger partial charge in [0, 0.05) is 62.4 Å². The number of carbonyl (C=O) groups is 1. The number of fused-ring (bicyclic) bond motifs is 1. The number of likely N-dealkylation sites (N-methyl/N-ethyl adjacent to an activating group) is 1. The lowest BCUT2D eigenvalue weighted by atomic mass is 9.93. The summed E-state index contributed by atoms with van der Waals surface area (Å²) in [5.41, 5.74) is 3.99. The van der Waals surface area contributed by atoms with E-state index < -0.39 is 5.92 Å². The molecule has 4 rings (SSSR count). The summed E-state index contributed by atoms with van der Waals surface area (Å²) in [6.45, 7) is 10.0. The van der Waals surface area contributed by atoms with Crippen molar-refractivity contribution < 1.29 is 19.2 Å². The Morgan fingerprint density at radius 3 is 2.72 bits per heavy atom. The van der Waals surface area contributed by atoms with Crippen LogP contribution in [-0.4, -0.2) is 84.3 Å². The Hall–Kier alpha value is -4.84. The number of aromatic hydroxyl groups is 1. The summed E-state index contributed by atoms with van der Waals surface area (Å²) in [5.74, 6) is 0.562. The van der Waals surface area contributed by atoms with Crippen LogP contribution in [0.25, 0.3) is 27.9 Å². The molecule has 3 aromatic heterocycles. The number of anilines is 1. The number of hydrogen-bond acceptors (Lipinski definition) is 11. The lowest BCUT2D eigenvalue weighted by Gasteiger charge is -2.24. The van der Waals surface area contributed by atoms with Crippen molar-refractivity contribution in [3.05, 3.63) is 60.1 Å². The Kier molecular flexibility index (Phi) is 10.4. The number of esters is 1. The second-order valence-electron chi connectivity index (χ2n) is 10.3. The highest BCUT2D eigenvalue weighted by Gasteiger charge is 2.29. The Bertz CT molecular complexity index is 1620. The van der Waals surface area contributed by atoms with Crippen LogP contribution in [0.2, 0.25) is 0 Å². The molecule has 0 bridgehead atoms. The normalized spacial score (nSPS) is 12.7. The fraction of sp³-hybridized carbons (Fsp3) is 0.355. The van der Waals surface area contributed by atoms with Gasteiger partial charge in [0.25, 0.3) is 0 Å². The summed E-state index contributed by atoms with van der Waals surface area (Å²) >= 11 is 0. The van der Waals surface area contributed by atoms with Crippen LogP contribution in [0, 0.1) is 5.92 Å². The predicted molar refractivity (Wildman–Crippen MR) is 169 cm³/mol. The van der Waals surface area contributed by atoms with Crippen molar-refractivity contribution in [1.29, 1.82) is 0 Å². The number of aryl methyl sites for hydroxylation is 1. The maximum atomic E-state index is 12.3. The Labute approximate surface area is 250 Å². The topological polar surface area (TPSA) is 143 Å². The van der Waals surface area contributed by atoms with Crippen LogP contribution >= 0.6 is 0 Å². The van der Waals surface area contributed by atoms with Gasteiger partial charge < -0.3 is 29.2 Å². The van der Waals surface area contributed by atoms with Gasteiger partial charge in [0.2, 0.25) is 0 Å². The van der Waals surface area contributed by atoms with Crippen molar-refractivity contribution in [2.24, 2.45) is 23.0 Å². The van der Waals surface area contributed by atoms with Gasteiger partial charge >= 0.3 is 5.97 Å². The molecule has 1 atom stereocenters. The van der Waals surface area contributed by atoms with Crippen molar-refractivity contribution >= 4 is 41.3 Å². The van der Waals surface area contributed by atoms with E-state index in [0.29, 0.717) is 41.4 Å². The molecule has 43 heavy (non-hydrogen) atoms. The first kappa shape index (κ1) is 31.1. The molecule has 1 unspecified atom stereocenters. The van der Waals surface area contributed by atoms with Crippen LogP contribution in [0.4, 0.5) is 5.82 Å². The maximum Gasteiger partial charge on any atom is 0.316 e. The number of carbonyl (C=O) groups excluding carboxylic acids is 1. The van der Waals surface area contributed by atoms with Gasteiger partial charge in [-0.05, 0) is 37.9 Å². The summed E-state index contributed by atoms with van der Waals surface area (Å²) in [4.78, 5) is 23.1. The average Bonchev–Trinajstić information content (AvgIpc) is 3.60. The van der Waals surface area contributed by atoms with Crippen LogP contribution in [0.3, 0.4) is 0 Å². The summed E-state index contributed by atoms with van der Waals surface area (Å²) < 4.78 is 12.5. The zero-order valence-corrected chi connectivity index (χ0v) is 25.2. The summed E-state index contributed by atoms with van der Waals surface area (Å²) in [5, 5.41) is 26.4. The number of nitrogens with zero attached hydrogens (tertiary/aromatic N) is 7. The molecule has 4 aromatic rings. The molecule has 0 aliphatic carbocycles. The molecule has 0 aliphatic heterocycles. The van der Waals surface area contributed by atoms with E-state index in [-0.39, 0.29) is 17.6 Å². The number of allylic oxidation sites excluding steroid dienone is 1. The van der Waals surface area contributed by atoms with Gasteiger partial charge in [-0.1, -0.05) is 31.1 Å². The molecule has 1 aromatic carbocycles. The minimum absolute atomic E-state index is 0.0345. The third-order valence-corrected chi connectivity index (χ3v) is 7.12. The number of aliphatic imine (C=N–C) groups is 2. The number of hydrogen-bond donors (Lipinski definition) is 2. The number of benzene rings is 1. The monoisotopic (exact) mass is 586 g/mol. The molecule has 2 N–H and O–H groups in total. The van der Waals surface area contributed by atoms with Crippen LogP contribution in [-0.2, 0) is 16.6 Å². The van der Waals surface area contributed by atoms with Gasteiger partial charge in [0.05, 0.1) is 24.9 Å². The van der Waals surface area contributed by atoms with Crippen LogP contribution < -0.4 is 10.2 Å². The van der Waals surface area contributed by atoms with E-state index in [1.807, 2.05) is 52.2 Å². The molecule has 0 radical (unpaired) electrons. The van der Waals surface area contributed by atoms with E-state index in [2.05, 4.69) is 46.8 Å². The van der Waals surface area contributed by atoms with Crippen LogP contribution in [0.15, 0.2) is 63.2 Å². The van der Waals surface area contributed by atoms with Gasteiger partial charge in [0.15, 0.2) is 5.76 Å². The first-order chi connectivity index (χ1) is 20.8. The highest BCUT2D eigenvalue weighted by molar-refractivity contribution is 6.09. The molecular weight excluding hydrogens is 548 g/mol. The minimum Gasteiger partial charge on any atom is -0.507 e. The first-order valence-electron chi connectivity index (χ1n) is 14.0. The van der Waals surface area contributed by atoms with Gasteiger partial charge in [-0.2, -0.15) is 0 Å². The van der Waals surface area contributed by atoms with Crippen LogP contribution in [0.5, 0.6) is 5.75 Å². The number of phenols is 1. The standard InChI is InChI=1S/C31H38N8O4/c1-20(2)30(31(41)42-6)28-16-23(37-43-28)21(18-33-4)19-34-12-14-39(13-11-32-3)29-17-25-26(38(29)5)15-24(35-36-25)22-9-7-8-10-27(22)40/h7-10,15-20,30,32,40H,4,11-14H2,1-3,5-6H3/b21-18+,34-19?. The molecule has 0 spiro atoms. The molecule has 0 saturated heterocycles. The number of aromatic nitrogens is 4. The number of nitrogens with one attached hydrogen (secondary N) is 1. The van der Waals surface area contributed by atoms with E-state index in [0.717, 1.165) is 29.9 Å². The molecule has 12 heteroatoms. The summed E-state index contributed by atoms with van der Waals surface area (Å²) in [7, 11) is 5.26. The van der Waals surface area contributed by atoms with Gasteiger partial charge in [0.1, 0.15) is 28.7 Å².